The van der Waals surface area contributed by atoms with Crippen LogP contribution in [0.15, 0.2) is 60.7 Å². The monoisotopic (exact) mass is 314 g/mol. The molecule has 0 unspecified atom stereocenters. The van der Waals surface area contributed by atoms with E-state index in [0.717, 1.165) is 12.0 Å². The molecule has 0 spiro atoms. The number of aliphatic hydroxyl groups excluding tert-OH is 1. The van der Waals surface area contributed by atoms with Crippen LogP contribution in [0.4, 0.5) is 0 Å². The van der Waals surface area contributed by atoms with Crippen molar-refractivity contribution >= 4 is 0 Å². The summed E-state index contributed by atoms with van der Waals surface area (Å²) in [4.78, 5) is 0. The lowest BCUT2D eigenvalue weighted by Crippen LogP contribution is -2.49. The first-order chi connectivity index (χ1) is 11.1. The normalized spacial score (nSPS) is 15.3. The number of hydrogen-bond donors (Lipinski definition) is 1. The fourth-order valence-electron chi connectivity index (χ4n) is 3.12. The Morgan fingerprint density at radius 1 is 0.913 bits per heavy atom. The SMILES string of the molecule is COC(OC)[C@@](C)(c1ccccc1)[C@@H](O)CCc1ccccc1. The van der Waals surface area contributed by atoms with Gasteiger partial charge in [0, 0.05) is 14.2 Å². The second-order valence-electron chi connectivity index (χ2n) is 5.99. The van der Waals surface area contributed by atoms with Gasteiger partial charge in [-0.25, -0.2) is 0 Å². The van der Waals surface area contributed by atoms with E-state index in [1.807, 2.05) is 55.5 Å². The summed E-state index contributed by atoms with van der Waals surface area (Å²) in [6, 6.07) is 20.1. The Balaban J connectivity index is 2.22. The third-order valence-corrected chi connectivity index (χ3v) is 4.56. The maximum atomic E-state index is 11.0. The molecule has 0 saturated heterocycles. The number of benzene rings is 2. The fourth-order valence-corrected chi connectivity index (χ4v) is 3.12. The van der Waals surface area contributed by atoms with Gasteiger partial charge in [-0.05, 0) is 30.9 Å². The van der Waals surface area contributed by atoms with Crippen molar-refractivity contribution in [1.29, 1.82) is 0 Å². The molecule has 0 bridgehead atoms. The highest BCUT2D eigenvalue weighted by Gasteiger charge is 2.43. The van der Waals surface area contributed by atoms with Crippen LogP contribution in [0, 0.1) is 0 Å². The topological polar surface area (TPSA) is 38.7 Å². The van der Waals surface area contributed by atoms with Crippen molar-refractivity contribution in [3.8, 4) is 0 Å². The van der Waals surface area contributed by atoms with Crippen LogP contribution < -0.4 is 0 Å². The zero-order valence-electron chi connectivity index (χ0n) is 14.1. The van der Waals surface area contributed by atoms with Gasteiger partial charge >= 0.3 is 0 Å². The highest BCUT2D eigenvalue weighted by atomic mass is 16.7. The molecule has 0 heterocycles. The standard InChI is InChI=1S/C20H26O3/c1-20(19(22-2)23-3,17-12-8-5-9-13-17)18(21)15-14-16-10-6-4-7-11-16/h4-13,18-19,21H,14-15H2,1-3H3/t18-,20-/m0/s1. The van der Waals surface area contributed by atoms with Crippen molar-refractivity contribution in [2.75, 3.05) is 14.2 Å². The van der Waals surface area contributed by atoms with Gasteiger partial charge < -0.3 is 14.6 Å². The maximum absolute atomic E-state index is 11.0. The van der Waals surface area contributed by atoms with E-state index >= 15 is 0 Å². The van der Waals surface area contributed by atoms with E-state index in [4.69, 9.17) is 9.47 Å². The number of aliphatic hydroxyl groups is 1. The molecule has 0 aliphatic carbocycles. The molecule has 0 fully saturated rings. The van der Waals surface area contributed by atoms with Gasteiger partial charge in [-0.15, -0.1) is 0 Å². The largest absolute Gasteiger partial charge is 0.392 e. The lowest BCUT2D eigenvalue weighted by Gasteiger charge is -2.40. The van der Waals surface area contributed by atoms with Crippen LogP contribution in [0.3, 0.4) is 0 Å². The van der Waals surface area contributed by atoms with Crippen molar-refractivity contribution in [1.82, 2.24) is 0 Å². The summed E-state index contributed by atoms with van der Waals surface area (Å²) in [5.74, 6) is 0. The Hall–Kier alpha value is -1.68. The minimum Gasteiger partial charge on any atom is -0.392 e. The van der Waals surface area contributed by atoms with Crippen LogP contribution in [0.25, 0.3) is 0 Å². The molecule has 1 N–H and O–H groups in total. The third kappa shape index (κ3) is 3.99. The van der Waals surface area contributed by atoms with E-state index in [2.05, 4.69) is 12.1 Å². The summed E-state index contributed by atoms with van der Waals surface area (Å²) in [5, 5.41) is 11.0. The van der Waals surface area contributed by atoms with E-state index in [9.17, 15) is 5.11 Å². The van der Waals surface area contributed by atoms with Crippen LogP contribution in [-0.2, 0) is 21.3 Å². The van der Waals surface area contributed by atoms with Gasteiger partial charge in [0.25, 0.3) is 0 Å². The lowest BCUT2D eigenvalue weighted by molar-refractivity contribution is -0.172. The van der Waals surface area contributed by atoms with E-state index < -0.39 is 17.8 Å². The van der Waals surface area contributed by atoms with Crippen molar-refractivity contribution < 1.29 is 14.6 Å². The summed E-state index contributed by atoms with van der Waals surface area (Å²) < 4.78 is 11.0. The Kier molecular flexibility index (Phi) is 6.34. The van der Waals surface area contributed by atoms with E-state index in [1.54, 1.807) is 14.2 Å². The quantitative estimate of drug-likeness (QED) is 0.757. The molecule has 3 nitrogen and oxygen atoms in total. The van der Waals surface area contributed by atoms with Crippen LogP contribution in [0.2, 0.25) is 0 Å². The van der Waals surface area contributed by atoms with Crippen molar-refractivity contribution in [2.24, 2.45) is 0 Å². The number of rotatable bonds is 8. The summed E-state index contributed by atoms with van der Waals surface area (Å²) in [6.45, 7) is 2.00. The molecule has 0 radical (unpaired) electrons. The molecule has 3 heteroatoms. The molecule has 0 amide bonds. The molecule has 0 aromatic heterocycles. The Morgan fingerprint density at radius 3 is 1.96 bits per heavy atom. The summed E-state index contributed by atoms with van der Waals surface area (Å²) in [6.07, 6.45) is 0.342. The number of ether oxygens (including phenoxy) is 2. The van der Waals surface area contributed by atoms with E-state index in [1.165, 1.54) is 5.56 Å². The van der Waals surface area contributed by atoms with Gasteiger partial charge in [0.1, 0.15) is 0 Å². The highest BCUT2D eigenvalue weighted by molar-refractivity contribution is 5.27. The van der Waals surface area contributed by atoms with Gasteiger partial charge in [-0.3, -0.25) is 0 Å². The van der Waals surface area contributed by atoms with E-state index in [-0.39, 0.29) is 0 Å². The minimum atomic E-state index is -0.639. The molecule has 23 heavy (non-hydrogen) atoms. The van der Waals surface area contributed by atoms with Gasteiger partial charge in [0.05, 0.1) is 11.5 Å². The smallest absolute Gasteiger partial charge is 0.168 e. The van der Waals surface area contributed by atoms with Crippen LogP contribution in [0.5, 0.6) is 0 Å². The first-order valence-corrected chi connectivity index (χ1v) is 7.96. The molecular formula is C20H26O3. The Morgan fingerprint density at radius 2 is 1.43 bits per heavy atom. The second kappa shape index (κ2) is 8.25. The molecule has 124 valence electrons. The summed E-state index contributed by atoms with van der Waals surface area (Å²) in [7, 11) is 3.22. The van der Waals surface area contributed by atoms with Crippen LogP contribution in [-0.4, -0.2) is 31.7 Å². The van der Waals surface area contributed by atoms with Crippen LogP contribution in [0.1, 0.15) is 24.5 Å². The van der Waals surface area contributed by atoms with Crippen molar-refractivity contribution in [3.63, 3.8) is 0 Å². The zero-order valence-corrected chi connectivity index (χ0v) is 14.1. The average Bonchev–Trinajstić information content (AvgIpc) is 2.62. The van der Waals surface area contributed by atoms with Gasteiger partial charge in [0.15, 0.2) is 6.29 Å². The molecule has 2 rings (SSSR count). The fraction of sp³-hybridized carbons (Fsp3) is 0.400. The maximum Gasteiger partial charge on any atom is 0.168 e. The summed E-state index contributed by atoms with van der Waals surface area (Å²) >= 11 is 0. The average molecular weight is 314 g/mol. The van der Waals surface area contributed by atoms with Crippen molar-refractivity contribution in [2.45, 2.75) is 37.6 Å². The first kappa shape index (κ1) is 17.7. The van der Waals surface area contributed by atoms with Gasteiger partial charge in [0.2, 0.25) is 0 Å². The van der Waals surface area contributed by atoms with E-state index in [0.29, 0.717) is 6.42 Å². The van der Waals surface area contributed by atoms with Gasteiger partial charge in [-0.2, -0.15) is 0 Å². The van der Waals surface area contributed by atoms with Crippen LogP contribution >= 0.6 is 0 Å². The number of aryl methyl sites for hydroxylation is 1. The minimum absolute atomic E-state index is 0.518. The highest BCUT2D eigenvalue weighted by Crippen LogP contribution is 2.35. The molecule has 0 aliphatic rings. The Bertz CT molecular complexity index is 566. The molecule has 0 aliphatic heterocycles. The lowest BCUT2D eigenvalue weighted by atomic mass is 9.74. The predicted molar refractivity (Wildman–Crippen MR) is 92.4 cm³/mol. The first-order valence-electron chi connectivity index (χ1n) is 7.96. The molecular weight excluding hydrogens is 288 g/mol. The van der Waals surface area contributed by atoms with Gasteiger partial charge in [-0.1, -0.05) is 60.7 Å². The predicted octanol–water partition coefficient (Wildman–Crippen LogP) is 3.56. The number of hydrogen-bond acceptors (Lipinski definition) is 3. The number of methoxy groups -OCH3 is 2. The van der Waals surface area contributed by atoms with Crippen molar-refractivity contribution in [3.05, 3.63) is 71.8 Å². The third-order valence-electron chi connectivity index (χ3n) is 4.56. The Labute approximate surface area is 138 Å². The molecule has 2 atom stereocenters. The summed E-state index contributed by atoms with van der Waals surface area (Å²) in [5.41, 5.74) is 1.59. The molecule has 0 saturated carbocycles. The molecule has 2 aromatic carbocycles. The second-order valence-corrected chi connectivity index (χ2v) is 5.99. The zero-order chi connectivity index (χ0) is 16.7. The molecule has 2 aromatic rings.